The lowest BCUT2D eigenvalue weighted by molar-refractivity contribution is 0.151. The molecule has 23 heavy (non-hydrogen) atoms. The number of rotatable bonds is 4. The van der Waals surface area contributed by atoms with Crippen molar-refractivity contribution in [2.75, 3.05) is 46.3 Å². The van der Waals surface area contributed by atoms with E-state index in [1.165, 1.54) is 77.7 Å². The van der Waals surface area contributed by atoms with Crippen molar-refractivity contribution in [3.05, 3.63) is 0 Å². The fourth-order valence-corrected chi connectivity index (χ4v) is 4.50. The van der Waals surface area contributed by atoms with Crippen LogP contribution in [0.2, 0.25) is 0 Å². The molecule has 0 aromatic heterocycles. The summed E-state index contributed by atoms with van der Waals surface area (Å²) in [5.74, 6) is 1.98. The predicted octanol–water partition coefficient (Wildman–Crippen LogP) is 3.18. The molecule has 0 unspecified atom stereocenters. The van der Waals surface area contributed by atoms with E-state index in [-0.39, 0.29) is 24.0 Å². The summed E-state index contributed by atoms with van der Waals surface area (Å²) in [6.07, 6.45) is 9.67. The lowest BCUT2D eigenvalue weighted by Gasteiger charge is -2.38. The van der Waals surface area contributed by atoms with E-state index in [1.54, 1.807) is 0 Å². The van der Waals surface area contributed by atoms with Crippen molar-refractivity contribution in [2.24, 2.45) is 16.3 Å². The summed E-state index contributed by atoms with van der Waals surface area (Å²) >= 11 is 0. The normalized spacial score (nSPS) is 25.3. The lowest BCUT2D eigenvalue weighted by Crippen LogP contribution is -2.45. The zero-order valence-corrected chi connectivity index (χ0v) is 17.3. The minimum absolute atomic E-state index is 0. The van der Waals surface area contributed by atoms with Crippen LogP contribution in [0.4, 0.5) is 0 Å². The molecule has 5 heteroatoms. The van der Waals surface area contributed by atoms with Crippen LogP contribution >= 0.6 is 24.0 Å². The van der Waals surface area contributed by atoms with Gasteiger partial charge in [-0.25, -0.2) is 0 Å². The lowest BCUT2D eigenvalue weighted by atomic mass is 9.68. The van der Waals surface area contributed by atoms with Crippen LogP contribution in [0.5, 0.6) is 0 Å². The summed E-state index contributed by atoms with van der Waals surface area (Å²) in [7, 11) is 1.94. The van der Waals surface area contributed by atoms with Crippen LogP contribution in [0.1, 0.15) is 51.9 Å². The maximum Gasteiger partial charge on any atom is 0.193 e. The standard InChI is InChI=1S/C18H34N4.HI/c1-3-10-21-11-5-16(6-12-21)14-20-17(19-2)22-13-9-18(15-22)7-4-8-18;/h16H,3-15H2,1-2H3,(H,19,20);1H. The van der Waals surface area contributed by atoms with Crippen LogP contribution in [0, 0.1) is 11.3 Å². The SMILES string of the molecule is CCCN1CCC(CNC(=NC)N2CCC3(CCC3)C2)CC1.I. The number of aliphatic imine (C=N–C) groups is 1. The van der Waals surface area contributed by atoms with Gasteiger partial charge in [0, 0.05) is 26.7 Å². The van der Waals surface area contributed by atoms with Crippen LogP contribution in [0.15, 0.2) is 4.99 Å². The second-order valence-corrected chi connectivity index (χ2v) is 7.74. The number of piperidine rings is 1. The quantitative estimate of drug-likeness (QED) is 0.419. The van der Waals surface area contributed by atoms with E-state index in [2.05, 4.69) is 27.0 Å². The molecule has 0 amide bonds. The Bertz CT molecular complexity index is 386. The molecule has 3 fully saturated rings. The third-order valence-corrected chi connectivity index (χ3v) is 6.16. The molecule has 0 radical (unpaired) electrons. The monoisotopic (exact) mass is 434 g/mol. The molecular formula is C18H35IN4. The first-order valence-corrected chi connectivity index (χ1v) is 9.43. The van der Waals surface area contributed by atoms with Gasteiger partial charge >= 0.3 is 0 Å². The maximum absolute atomic E-state index is 4.54. The van der Waals surface area contributed by atoms with Gasteiger partial charge in [-0.1, -0.05) is 13.3 Å². The Balaban J connectivity index is 0.00000192. The summed E-state index contributed by atoms with van der Waals surface area (Å²) in [5.41, 5.74) is 0.656. The van der Waals surface area contributed by atoms with Crippen molar-refractivity contribution in [3.8, 4) is 0 Å². The molecule has 134 valence electrons. The van der Waals surface area contributed by atoms with E-state index in [0.717, 1.165) is 18.4 Å². The molecule has 2 heterocycles. The molecule has 3 aliphatic rings. The van der Waals surface area contributed by atoms with E-state index < -0.39 is 0 Å². The number of hydrogen-bond donors (Lipinski definition) is 1. The Morgan fingerprint density at radius 1 is 1.17 bits per heavy atom. The highest BCUT2D eigenvalue weighted by molar-refractivity contribution is 14.0. The molecule has 1 aliphatic carbocycles. The molecule has 2 saturated heterocycles. The van der Waals surface area contributed by atoms with Gasteiger partial charge in [-0.15, -0.1) is 24.0 Å². The van der Waals surface area contributed by atoms with Crippen LogP contribution in [-0.2, 0) is 0 Å². The molecule has 3 rings (SSSR count). The third-order valence-electron chi connectivity index (χ3n) is 6.16. The van der Waals surface area contributed by atoms with Crippen molar-refractivity contribution in [3.63, 3.8) is 0 Å². The highest BCUT2D eigenvalue weighted by Crippen LogP contribution is 2.47. The first-order valence-electron chi connectivity index (χ1n) is 9.43. The van der Waals surface area contributed by atoms with Crippen LogP contribution in [0.25, 0.3) is 0 Å². The minimum Gasteiger partial charge on any atom is -0.356 e. The Morgan fingerprint density at radius 3 is 2.43 bits per heavy atom. The predicted molar refractivity (Wildman–Crippen MR) is 109 cm³/mol. The second kappa shape index (κ2) is 8.88. The summed E-state index contributed by atoms with van der Waals surface area (Å²) in [5, 5.41) is 3.67. The zero-order chi connectivity index (χ0) is 15.4. The van der Waals surface area contributed by atoms with Crippen molar-refractivity contribution < 1.29 is 0 Å². The molecule has 1 N–H and O–H groups in total. The Hall–Kier alpha value is -0.0400. The number of nitrogens with zero attached hydrogens (tertiary/aromatic N) is 3. The molecule has 2 aliphatic heterocycles. The van der Waals surface area contributed by atoms with Crippen molar-refractivity contribution in [2.45, 2.75) is 51.9 Å². The number of halogens is 1. The van der Waals surface area contributed by atoms with Gasteiger partial charge in [-0.3, -0.25) is 4.99 Å². The number of likely N-dealkylation sites (tertiary alicyclic amines) is 2. The van der Waals surface area contributed by atoms with Gasteiger partial charge in [-0.2, -0.15) is 0 Å². The molecule has 0 atom stereocenters. The largest absolute Gasteiger partial charge is 0.356 e. The van der Waals surface area contributed by atoms with Crippen molar-refractivity contribution in [1.82, 2.24) is 15.1 Å². The van der Waals surface area contributed by atoms with Gasteiger partial charge in [0.1, 0.15) is 0 Å². The van der Waals surface area contributed by atoms with Gasteiger partial charge in [0.15, 0.2) is 5.96 Å². The Kier molecular flexibility index (Phi) is 7.45. The number of nitrogens with one attached hydrogen (secondary N) is 1. The average molecular weight is 434 g/mol. The molecule has 1 spiro atoms. The first-order chi connectivity index (χ1) is 10.7. The molecule has 1 saturated carbocycles. The van der Waals surface area contributed by atoms with E-state index >= 15 is 0 Å². The van der Waals surface area contributed by atoms with Crippen LogP contribution in [-0.4, -0.2) is 62.1 Å². The van der Waals surface area contributed by atoms with Gasteiger partial charge in [-0.05, 0) is 69.5 Å². The van der Waals surface area contributed by atoms with Gasteiger partial charge in [0.25, 0.3) is 0 Å². The topological polar surface area (TPSA) is 30.9 Å². The zero-order valence-electron chi connectivity index (χ0n) is 15.0. The summed E-state index contributed by atoms with van der Waals surface area (Å²) in [6, 6.07) is 0. The number of guanidine groups is 1. The van der Waals surface area contributed by atoms with Gasteiger partial charge < -0.3 is 15.1 Å². The van der Waals surface area contributed by atoms with Gasteiger partial charge in [0.2, 0.25) is 0 Å². The van der Waals surface area contributed by atoms with E-state index in [1.807, 2.05) is 7.05 Å². The smallest absolute Gasteiger partial charge is 0.193 e. The third kappa shape index (κ3) is 4.74. The average Bonchev–Trinajstić information content (AvgIpc) is 2.96. The first kappa shape index (κ1) is 19.3. The summed E-state index contributed by atoms with van der Waals surface area (Å²) in [6.45, 7) is 9.67. The summed E-state index contributed by atoms with van der Waals surface area (Å²) in [4.78, 5) is 9.67. The fourth-order valence-electron chi connectivity index (χ4n) is 4.50. The Morgan fingerprint density at radius 2 is 1.91 bits per heavy atom. The molecule has 0 bridgehead atoms. The summed E-state index contributed by atoms with van der Waals surface area (Å²) < 4.78 is 0. The maximum atomic E-state index is 4.54. The van der Waals surface area contributed by atoms with E-state index in [0.29, 0.717) is 5.41 Å². The fraction of sp³-hybridized carbons (Fsp3) is 0.944. The van der Waals surface area contributed by atoms with Gasteiger partial charge in [0.05, 0.1) is 0 Å². The number of hydrogen-bond acceptors (Lipinski definition) is 2. The van der Waals surface area contributed by atoms with Crippen molar-refractivity contribution in [1.29, 1.82) is 0 Å². The second-order valence-electron chi connectivity index (χ2n) is 7.74. The molecule has 4 nitrogen and oxygen atoms in total. The molecule has 0 aromatic carbocycles. The van der Waals surface area contributed by atoms with E-state index in [4.69, 9.17) is 0 Å². The molecular weight excluding hydrogens is 399 g/mol. The van der Waals surface area contributed by atoms with Crippen LogP contribution in [0.3, 0.4) is 0 Å². The highest BCUT2D eigenvalue weighted by Gasteiger charge is 2.43. The highest BCUT2D eigenvalue weighted by atomic mass is 127. The van der Waals surface area contributed by atoms with Crippen molar-refractivity contribution >= 4 is 29.9 Å². The Labute approximate surface area is 159 Å². The van der Waals surface area contributed by atoms with E-state index in [9.17, 15) is 0 Å². The molecule has 0 aromatic rings. The minimum atomic E-state index is 0. The van der Waals surface area contributed by atoms with Crippen LogP contribution < -0.4 is 5.32 Å².